The molecule has 32 heavy (non-hydrogen) atoms. The van der Waals surface area contributed by atoms with E-state index in [9.17, 15) is 0 Å². The largest absolute Gasteiger partial charge is 0.494 e. The monoisotopic (exact) mass is 544 g/mol. The molecular formula is C24H34O2P2S4. The Morgan fingerprint density at radius 1 is 0.594 bits per heavy atom. The predicted octanol–water partition coefficient (Wildman–Crippen LogP) is 8.65. The summed E-state index contributed by atoms with van der Waals surface area (Å²) in [5.74, 6) is 1.87. The molecule has 1 saturated heterocycles. The number of ether oxygens (including phenoxy) is 2. The van der Waals surface area contributed by atoms with Gasteiger partial charge in [-0.05, 0) is 61.4 Å². The van der Waals surface area contributed by atoms with Crippen molar-refractivity contribution in [3.63, 3.8) is 0 Å². The summed E-state index contributed by atoms with van der Waals surface area (Å²) in [5.41, 5.74) is 0. The number of unbranched alkanes of at least 4 members (excludes halogenated alkanes) is 6. The summed E-state index contributed by atoms with van der Waals surface area (Å²) in [6.07, 6.45) is 9.76. The molecule has 2 nitrogen and oxygen atoms in total. The third-order valence-corrected chi connectivity index (χ3v) is 36.5. The summed E-state index contributed by atoms with van der Waals surface area (Å²) in [4.78, 5) is 0. The van der Waals surface area contributed by atoms with Gasteiger partial charge in [0.15, 0.2) is 0 Å². The molecule has 0 spiro atoms. The Balaban J connectivity index is 1.49. The fraction of sp³-hybridized carbons (Fsp3) is 0.500. The smallest absolute Gasteiger partial charge is 0.119 e. The van der Waals surface area contributed by atoms with Crippen LogP contribution >= 0.6 is 30.9 Å². The average molecular weight is 545 g/mol. The topological polar surface area (TPSA) is 18.5 Å². The number of rotatable bonds is 14. The van der Waals surface area contributed by atoms with Crippen molar-refractivity contribution < 1.29 is 9.47 Å². The predicted molar refractivity (Wildman–Crippen MR) is 155 cm³/mol. The zero-order chi connectivity index (χ0) is 22.9. The molecule has 0 aliphatic carbocycles. The quantitative estimate of drug-likeness (QED) is 0.174. The van der Waals surface area contributed by atoms with E-state index in [1.54, 1.807) is 0 Å². The summed E-state index contributed by atoms with van der Waals surface area (Å²) in [6, 6.07) is 16.9. The average Bonchev–Trinajstić information content (AvgIpc) is 2.78. The number of benzene rings is 2. The van der Waals surface area contributed by atoms with Crippen LogP contribution in [0.5, 0.6) is 11.5 Å². The van der Waals surface area contributed by atoms with Crippen LogP contribution in [0, 0.1) is 0 Å². The van der Waals surface area contributed by atoms with Crippen LogP contribution in [0.25, 0.3) is 0 Å². The van der Waals surface area contributed by atoms with Crippen LogP contribution in [-0.4, -0.2) is 13.2 Å². The van der Waals surface area contributed by atoms with Gasteiger partial charge in [0.25, 0.3) is 0 Å². The highest BCUT2D eigenvalue weighted by Crippen LogP contribution is 3.04. The SMILES string of the molecule is CCCCCCOc1ccc(P2(=S)SP(=S)(c3ccc(OCCCCCC)cc3)S2)cc1. The molecular weight excluding hydrogens is 510 g/mol. The lowest BCUT2D eigenvalue weighted by molar-refractivity contribution is 0.305. The molecule has 0 saturated carbocycles. The van der Waals surface area contributed by atoms with Crippen molar-refractivity contribution in [2.24, 2.45) is 0 Å². The maximum absolute atomic E-state index is 6.08. The zero-order valence-corrected chi connectivity index (χ0v) is 24.1. The first-order valence-electron chi connectivity index (χ1n) is 11.6. The molecule has 1 heterocycles. The van der Waals surface area contributed by atoms with Gasteiger partial charge < -0.3 is 9.47 Å². The van der Waals surface area contributed by atoms with E-state index in [4.69, 9.17) is 33.1 Å². The molecule has 0 unspecified atom stereocenters. The number of hydrogen-bond acceptors (Lipinski definition) is 6. The minimum atomic E-state index is -1.71. The van der Waals surface area contributed by atoms with E-state index in [1.807, 2.05) is 22.0 Å². The molecule has 0 N–H and O–H groups in total. The summed E-state index contributed by atoms with van der Waals surface area (Å²) in [7, 11) is 0. The first-order chi connectivity index (χ1) is 15.5. The normalized spacial score (nSPS) is 22.3. The molecule has 0 atom stereocenters. The van der Waals surface area contributed by atoms with Gasteiger partial charge in [0, 0.05) is 10.6 Å². The molecule has 0 radical (unpaired) electrons. The van der Waals surface area contributed by atoms with Gasteiger partial charge in [-0.2, -0.15) is 0 Å². The van der Waals surface area contributed by atoms with E-state index < -0.39 is 8.88 Å². The molecule has 2 aromatic carbocycles. The molecule has 176 valence electrons. The highest BCUT2D eigenvalue weighted by atomic mass is 33.7. The van der Waals surface area contributed by atoms with Gasteiger partial charge in [0.05, 0.1) is 22.1 Å². The van der Waals surface area contributed by atoms with Crippen molar-refractivity contribution in [2.45, 2.75) is 65.2 Å². The van der Waals surface area contributed by atoms with Gasteiger partial charge in [0.2, 0.25) is 0 Å². The lowest BCUT2D eigenvalue weighted by Crippen LogP contribution is -2.09. The van der Waals surface area contributed by atoms with Gasteiger partial charge in [-0.3, -0.25) is 0 Å². The van der Waals surface area contributed by atoms with Gasteiger partial charge in [-0.25, -0.2) is 0 Å². The summed E-state index contributed by atoms with van der Waals surface area (Å²) in [6.45, 7) is 6.03. The molecule has 1 aliphatic heterocycles. The van der Waals surface area contributed by atoms with E-state index in [1.165, 1.54) is 49.1 Å². The highest BCUT2D eigenvalue weighted by Gasteiger charge is 2.45. The first kappa shape index (κ1) is 26.6. The van der Waals surface area contributed by atoms with Gasteiger partial charge in [-0.15, -0.1) is 0 Å². The third-order valence-electron chi connectivity index (χ3n) is 5.27. The van der Waals surface area contributed by atoms with Crippen molar-refractivity contribution in [2.75, 3.05) is 13.2 Å². The second kappa shape index (κ2) is 13.2. The van der Waals surface area contributed by atoms with E-state index in [-0.39, 0.29) is 0 Å². The Hall–Kier alpha value is 0.0400. The molecule has 1 aliphatic rings. The lowest BCUT2D eigenvalue weighted by Gasteiger charge is -2.40. The Kier molecular flexibility index (Phi) is 11.0. The van der Waals surface area contributed by atoms with E-state index in [0.717, 1.165) is 37.6 Å². The Morgan fingerprint density at radius 2 is 0.969 bits per heavy atom. The van der Waals surface area contributed by atoms with Crippen LogP contribution in [0.3, 0.4) is 0 Å². The fourth-order valence-electron chi connectivity index (χ4n) is 3.37. The van der Waals surface area contributed by atoms with Crippen molar-refractivity contribution in [1.29, 1.82) is 0 Å². The second-order valence-electron chi connectivity index (χ2n) is 7.96. The van der Waals surface area contributed by atoms with Crippen molar-refractivity contribution in [1.82, 2.24) is 0 Å². The van der Waals surface area contributed by atoms with Crippen LogP contribution < -0.4 is 20.1 Å². The first-order valence-corrected chi connectivity index (χ1v) is 21.2. The van der Waals surface area contributed by atoms with Crippen molar-refractivity contribution in [3.05, 3.63) is 48.5 Å². The van der Waals surface area contributed by atoms with E-state index >= 15 is 0 Å². The highest BCUT2D eigenvalue weighted by molar-refractivity contribution is 9.48. The minimum absolute atomic E-state index is 0.788. The summed E-state index contributed by atoms with van der Waals surface area (Å²) < 4.78 is 8.34. The maximum Gasteiger partial charge on any atom is 0.119 e. The standard InChI is InChI=1S/C24H34O2P2S4/c1-3-5-7-9-19-25-21-11-15-23(16-12-21)27(29)31-28(30,32-27)24-17-13-22(14-18-24)26-20-10-8-6-4-2/h11-18H,3-10,19-20H2,1-2H3. The van der Waals surface area contributed by atoms with Crippen LogP contribution in [0.2, 0.25) is 0 Å². The lowest BCUT2D eigenvalue weighted by atomic mass is 10.2. The maximum atomic E-state index is 6.08. The van der Waals surface area contributed by atoms with Crippen LogP contribution in [-0.2, 0) is 23.6 Å². The molecule has 0 amide bonds. The van der Waals surface area contributed by atoms with Gasteiger partial charge >= 0.3 is 0 Å². The summed E-state index contributed by atoms with van der Waals surface area (Å²) in [5, 5.41) is 2.49. The fourth-order valence-corrected chi connectivity index (χ4v) is 45.6. The second-order valence-corrected chi connectivity index (χ2v) is 29.3. The Morgan fingerprint density at radius 3 is 1.31 bits per heavy atom. The molecule has 3 rings (SSSR count). The zero-order valence-electron chi connectivity index (χ0n) is 19.0. The Labute approximate surface area is 212 Å². The third kappa shape index (κ3) is 7.52. The molecule has 0 bridgehead atoms. The summed E-state index contributed by atoms with van der Waals surface area (Å²) >= 11 is 15.9. The van der Waals surface area contributed by atoms with Crippen LogP contribution in [0.1, 0.15) is 65.2 Å². The van der Waals surface area contributed by atoms with Crippen molar-refractivity contribution in [3.8, 4) is 11.5 Å². The van der Waals surface area contributed by atoms with Crippen molar-refractivity contribution >= 4 is 65.1 Å². The molecule has 8 heteroatoms. The Bertz CT molecular complexity index is 843. The molecule has 0 aromatic heterocycles. The van der Waals surface area contributed by atoms with E-state index in [2.05, 4.69) is 62.4 Å². The van der Waals surface area contributed by atoms with Gasteiger partial charge in [0.1, 0.15) is 11.5 Å². The van der Waals surface area contributed by atoms with Crippen LogP contribution in [0.15, 0.2) is 48.5 Å². The minimum Gasteiger partial charge on any atom is -0.494 e. The molecule has 1 fully saturated rings. The number of hydrogen-bond donors (Lipinski definition) is 0. The molecule has 2 aromatic rings. The van der Waals surface area contributed by atoms with Gasteiger partial charge in [-0.1, -0.05) is 98.0 Å². The van der Waals surface area contributed by atoms with E-state index in [0.29, 0.717) is 0 Å². The van der Waals surface area contributed by atoms with Crippen LogP contribution in [0.4, 0.5) is 0 Å².